The summed E-state index contributed by atoms with van der Waals surface area (Å²) in [4.78, 5) is 37.5. The number of piperidine rings is 1. The van der Waals surface area contributed by atoms with E-state index in [1.54, 1.807) is 23.5 Å². The molecule has 208 valence electrons. The third kappa shape index (κ3) is 6.52. The zero-order valence-electron chi connectivity index (χ0n) is 21.8. The number of benzene rings is 1. The fraction of sp³-hybridized carbons (Fsp3) is 0.444. The monoisotopic (exact) mass is 606 g/mol. The number of nitrogens with zero attached hydrogens (tertiary/aromatic N) is 4. The number of rotatable bonds is 8. The highest BCUT2D eigenvalue weighted by atomic mass is 35.5. The molecule has 12 heteroatoms. The standard InChI is InChI=1S/C27H32Cl2N6O2S2/c1-2-7-33-10-12-35(13-11-33)26-23(22-15-19(28)16-38-22)31-27(39-26)32-25(37)18-3-4-21(20(29)14-18)34-8-5-17(6-9-34)24(30)36/h3-4,14-17H,2,5-13H2,1H3,(H2,30,36)(H,31,32,37). The van der Waals surface area contributed by atoms with Crippen LogP contribution >= 0.6 is 45.9 Å². The van der Waals surface area contributed by atoms with E-state index in [1.807, 2.05) is 17.5 Å². The number of halogens is 2. The van der Waals surface area contributed by atoms with Crippen molar-refractivity contribution in [3.8, 4) is 10.6 Å². The zero-order chi connectivity index (χ0) is 27.5. The van der Waals surface area contributed by atoms with E-state index in [0.717, 1.165) is 60.4 Å². The highest BCUT2D eigenvalue weighted by molar-refractivity contribution is 7.21. The van der Waals surface area contributed by atoms with Crippen LogP contribution in [0.25, 0.3) is 10.6 Å². The maximum atomic E-state index is 13.2. The molecule has 4 heterocycles. The van der Waals surface area contributed by atoms with Gasteiger partial charge in [-0.05, 0) is 50.1 Å². The number of thiazole rings is 1. The molecule has 0 saturated carbocycles. The van der Waals surface area contributed by atoms with Gasteiger partial charge in [0, 0.05) is 56.1 Å². The molecule has 0 atom stereocenters. The van der Waals surface area contributed by atoms with E-state index in [0.29, 0.717) is 46.7 Å². The fourth-order valence-electron chi connectivity index (χ4n) is 5.15. The maximum Gasteiger partial charge on any atom is 0.257 e. The minimum atomic E-state index is -0.264. The Kier molecular flexibility index (Phi) is 8.98. The lowest BCUT2D eigenvalue weighted by Gasteiger charge is -2.35. The van der Waals surface area contributed by atoms with Gasteiger partial charge < -0.3 is 15.5 Å². The van der Waals surface area contributed by atoms with Gasteiger partial charge in [-0.2, -0.15) is 0 Å². The van der Waals surface area contributed by atoms with Gasteiger partial charge in [-0.25, -0.2) is 4.98 Å². The molecule has 2 aliphatic heterocycles. The first-order chi connectivity index (χ1) is 18.8. The van der Waals surface area contributed by atoms with Gasteiger partial charge in [0.15, 0.2) is 5.13 Å². The third-order valence-electron chi connectivity index (χ3n) is 7.28. The zero-order valence-corrected chi connectivity index (χ0v) is 24.9. The number of anilines is 3. The minimum Gasteiger partial charge on any atom is -0.370 e. The van der Waals surface area contributed by atoms with E-state index >= 15 is 0 Å². The lowest BCUT2D eigenvalue weighted by atomic mass is 9.96. The summed E-state index contributed by atoms with van der Waals surface area (Å²) in [5.74, 6) is -0.606. The largest absolute Gasteiger partial charge is 0.370 e. The first-order valence-corrected chi connectivity index (χ1v) is 15.6. The summed E-state index contributed by atoms with van der Waals surface area (Å²) in [5.41, 5.74) is 7.62. The van der Waals surface area contributed by atoms with Crippen LogP contribution in [0.5, 0.6) is 0 Å². The van der Waals surface area contributed by atoms with Crippen molar-refractivity contribution in [1.82, 2.24) is 9.88 Å². The second kappa shape index (κ2) is 12.4. The lowest BCUT2D eigenvalue weighted by molar-refractivity contribution is -0.122. The van der Waals surface area contributed by atoms with Gasteiger partial charge in [-0.1, -0.05) is 41.5 Å². The molecule has 2 amide bonds. The number of carbonyl (C=O) groups is 2. The van der Waals surface area contributed by atoms with Gasteiger partial charge in [0.2, 0.25) is 5.91 Å². The molecule has 3 aromatic rings. The van der Waals surface area contributed by atoms with Crippen LogP contribution in [0, 0.1) is 5.92 Å². The molecule has 0 unspecified atom stereocenters. The van der Waals surface area contributed by atoms with Crippen molar-refractivity contribution in [3.63, 3.8) is 0 Å². The number of amides is 2. The second-order valence-electron chi connectivity index (χ2n) is 9.91. The minimum absolute atomic E-state index is 0.0939. The van der Waals surface area contributed by atoms with Gasteiger partial charge >= 0.3 is 0 Å². The van der Waals surface area contributed by atoms with E-state index in [2.05, 4.69) is 26.9 Å². The Morgan fingerprint density at radius 3 is 2.44 bits per heavy atom. The van der Waals surface area contributed by atoms with E-state index in [-0.39, 0.29) is 17.7 Å². The molecule has 0 bridgehead atoms. The summed E-state index contributed by atoms with van der Waals surface area (Å²) in [5, 5.41) is 7.66. The van der Waals surface area contributed by atoms with Crippen LogP contribution in [-0.2, 0) is 4.79 Å². The van der Waals surface area contributed by atoms with Crippen LogP contribution < -0.4 is 20.9 Å². The molecule has 1 aromatic carbocycles. The lowest BCUT2D eigenvalue weighted by Crippen LogP contribution is -2.46. The Hall–Kier alpha value is -2.37. The first kappa shape index (κ1) is 28.2. The number of nitrogens with two attached hydrogens (primary N) is 1. The molecule has 2 aliphatic rings. The van der Waals surface area contributed by atoms with Crippen molar-refractivity contribution >= 4 is 73.5 Å². The van der Waals surface area contributed by atoms with Crippen LogP contribution in [0.1, 0.15) is 36.5 Å². The number of piperazine rings is 1. The van der Waals surface area contributed by atoms with E-state index in [9.17, 15) is 9.59 Å². The SMILES string of the molecule is CCCN1CCN(c2sc(NC(=O)c3ccc(N4CCC(C(N)=O)CC4)c(Cl)c3)nc2-c2cc(Cl)cs2)CC1. The van der Waals surface area contributed by atoms with E-state index in [1.165, 1.54) is 11.3 Å². The topological polar surface area (TPSA) is 94.8 Å². The normalized spacial score (nSPS) is 17.0. The third-order valence-corrected chi connectivity index (χ3v) is 9.90. The van der Waals surface area contributed by atoms with Crippen molar-refractivity contribution < 1.29 is 9.59 Å². The predicted octanol–water partition coefficient (Wildman–Crippen LogP) is 5.66. The van der Waals surface area contributed by atoms with Crippen molar-refractivity contribution in [2.24, 2.45) is 11.7 Å². The van der Waals surface area contributed by atoms with Crippen LogP contribution in [0.2, 0.25) is 10.0 Å². The summed E-state index contributed by atoms with van der Waals surface area (Å²) in [6.07, 6.45) is 2.55. The number of aromatic nitrogens is 1. The number of hydrogen-bond acceptors (Lipinski definition) is 8. The van der Waals surface area contributed by atoms with Gasteiger partial charge in [0.1, 0.15) is 10.7 Å². The number of carbonyl (C=O) groups excluding carboxylic acids is 2. The fourth-order valence-corrected chi connectivity index (χ4v) is 7.60. The molecule has 0 spiro atoms. The van der Waals surface area contributed by atoms with Crippen LogP contribution in [-0.4, -0.2) is 67.5 Å². The van der Waals surface area contributed by atoms with Crippen molar-refractivity contribution in [3.05, 3.63) is 45.3 Å². The second-order valence-corrected chi connectivity index (χ2v) is 12.6. The molecular weight excluding hydrogens is 575 g/mol. The smallest absolute Gasteiger partial charge is 0.257 e. The average Bonchev–Trinajstić information content (AvgIpc) is 3.55. The Morgan fingerprint density at radius 1 is 1.08 bits per heavy atom. The van der Waals surface area contributed by atoms with Gasteiger partial charge in [-0.3, -0.25) is 19.8 Å². The summed E-state index contributed by atoms with van der Waals surface area (Å²) in [6, 6.07) is 7.25. The van der Waals surface area contributed by atoms with Crippen molar-refractivity contribution in [2.45, 2.75) is 26.2 Å². The summed E-state index contributed by atoms with van der Waals surface area (Å²) >= 11 is 15.9. The molecule has 2 fully saturated rings. The highest BCUT2D eigenvalue weighted by Gasteiger charge is 2.26. The molecule has 39 heavy (non-hydrogen) atoms. The van der Waals surface area contributed by atoms with Gasteiger partial charge in [0.25, 0.3) is 5.91 Å². The van der Waals surface area contributed by atoms with Crippen molar-refractivity contribution in [1.29, 1.82) is 0 Å². The van der Waals surface area contributed by atoms with Crippen LogP contribution in [0.15, 0.2) is 29.6 Å². The summed E-state index contributed by atoms with van der Waals surface area (Å²) < 4.78 is 0. The molecule has 2 aromatic heterocycles. The molecule has 5 rings (SSSR count). The predicted molar refractivity (Wildman–Crippen MR) is 163 cm³/mol. The Morgan fingerprint density at radius 2 is 1.82 bits per heavy atom. The molecule has 0 radical (unpaired) electrons. The number of nitrogens with one attached hydrogen (secondary N) is 1. The number of primary amides is 1. The molecule has 2 saturated heterocycles. The summed E-state index contributed by atoms with van der Waals surface area (Å²) in [7, 11) is 0. The van der Waals surface area contributed by atoms with Crippen LogP contribution in [0.3, 0.4) is 0 Å². The Bertz CT molecular complexity index is 1330. The first-order valence-electron chi connectivity index (χ1n) is 13.2. The molecule has 3 N–H and O–H groups in total. The quantitative estimate of drug-likeness (QED) is 0.343. The Labute approximate surface area is 246 Å². The average molecular weight is 608 g/mol. The number of thiophene rings is 1. The summed E-state index contributed by atoms with van der Waals surface area (Å²) in [6.45, 7) is 8.54. The molecular formula is C27H32Cl2N6O2S2. The molecule has 0 aliphatic carbocycles. The van der Waals surface area contributed by atoms with Gasteiger partial charge in [-0.15, -0.1) is 11.3 Å². The molecule has 8 nitrogen and oxygen atoms in total. The van der Waals surface area contributed by atoms with Crippen molar-refractivity contribution in [2.75, 3.05) is 60.9 Å². The van der Waals surface area contributed by atoms with E-state index < -0.39 is 0 Å². The number of hydrogen-bond donors (Lipinski definition) is 2. The highest BCUT2D eigenvalue weighted by Crippen LogP contribution is 2.42. The van der Waals surface area contributed by atoms with E-state index in [4.69, 9.17) is 33.9 Å². The maximum absolute atomic E-state index is 13.2. The van der Waals surface area contributed by atoms with Gasteiger partial charge in [0.05, 0.1) is 20.6 Å². The Balaban J connectivity index is 1.31. The van der Waals surface area contributed by atoms with Crippen LogP contribution in [0.4, 0.5) is 15.8 Å².